The minimum absolute atomic E-state index is 0.0432. The monoisotopic (exact) mass is 243 g/mol. The molecule has 0 aliphatic rings. The number of likely N-dealkylation sites (N-methyl/N-ethyl adjacent to an activating group) is 1. The van der Waals surface area contributed by atoms with Gasteiger partial charge in [-0.1, -0.05) is 17.7 Å². The summed E-state index contributed by atoms with van der Waals surface area (Å²) in [5.74, 6) is 0. The van der Waals surface area contributed by atoms with E-state index < -0.39 is 0 Å². The van der Waals surface area contributed by atoms with Gasteiger partial charge in [0.05, 0.1) is 13.2 Å². The number of aliphatic hydroxyl groups is 1. The molecule has 1 rings (SSSR count). The van der Waals surface area contributed by atoms with Crippen LogP contribution in [0.3, 0.4) is 0 Å². The molecule has 4 heteroatoms. The van der Waals surface area contributed by atoms with Gasteiger partial charge in [0.1, 0.15) is 0 Å². The maximum atomic E-state index is 9.33. The fourth-order valence-electron chi connectivity index (χ4n) is 1.65. The summed E-state index contributed by atoms with van der Waals surface area (Å²) in [6, 6.07) is 5.66. The molecule has 0 amide bonds. The van der Waals surface area contributed by atoms with Crippen LogP contribution >= 0.6 is 11.6 Å². The van der Waals surface area contributed by atoms with Crippen LogP contribution in [0.1, 0.15) is 12.5 Å². The van der Waals surface area contributed by atoms with Crippen molar-refractivity contribution in [2.75, 3.05) is 31.7 Å². The van der Waals surface area contributed by atoms with Crippen molar-refractivity contribution in [1.29, 1.82) is 0 Å². The summed E-state index contributed by atoms with van der Waals surface area (Å²) in [6.45, 7) is 4.33. The first kappa shape index (κ1) is 13.3. The molecule has 0 unspecified atom stereocenters. The normalized spacial score (nSPS) is 10.5. The van der Waals surface area contributed by atoms with Crippen molar-refractivity contribution >= 4 is 17.3 Å². The summed E-state index contributed by atoms with van der Waals surface area (Å²) in [5.41, 5.74) is 1.76. The molecule has 90 valence electrons. The summed E-state index contributed by atoms with van der Waals surface area (Å²) < 4.78 is 5.06. The molecule has 3 nitrogen and oxygen atoms in total. The maximum Gasteiger partial charge on any atom is 0.0716 e. The van der Waals surface area contributed by atoms with E-state index in [0.29, 0.717) is 11.6 Å². The first-order valence-corrected chi connectivity index (χ1v) is 5.74. The highest BCUT2D eigenvalue weighted by molar-refractivity contribution is 6.31. The summed E-state index contributed by atoms with van der Waals surface area (Å²) in [4.78, 5) is 2.14. The summed E-state index contributed by atoms with van der Waals surface area (Å²) in [5, 5.41) is 9.93. The van der Waals surface area contributed by atoms with E-state index in [-0.39, 0.29) is 6.61 Å². The second-order valence-electron chi connectivity index (χ2n) is 3.47. The molecule has 0 aromatic heterocycles. The molecule has 1 N–H and O–H groups in total. The van der Waals surface area contributed by atoms with Crippen LogP contribution in [0.2, 0.25) is 5.02 Å². The zero-order valence-electron chi connectivity index (χ0n) is 9.74. The van der Waals surface area contributed by atoms with E-state index in [0.717, 1.165) is 24.3 Å². The highest BCUT2D eigenvalue weighted by atomic mass is 35.5. The lowest BCUT2D eigenvalue weighted by atomic mass is 10.1. The number of halogens is 1. The molecule has 0 fully saturated rings. The van der Waals surface area contributed by atoms with Gasteiger partial charge in [-0.2, -0.15) is 0 Å². The third-order valence-corrected chi connectivity index (χ3v) is 2.89. The Bertz CT molecular complexity index is 331. The molecule has 0 spiro atoms. The van der Waals surface area contributed by atoms with Crippen LogP contribution in [0.5, 0.6) is 0 Å². The van der Waals surface area contributed by atoms with Gasteiger partial charge < -0.3 is 14.7 Å². The molecule has 0 saturated heterocycles. The lowest BCUT2D eigenvalue weighted by molar-refractivity contribution is 0.205. The largest absolute Gasteiger partial charge is 0.392 e. The van der Waals surface area contributed by atoms with Crippen molar-refractivity contribution in [1.82, 2.24) is 0 Å². The van der Waals surface area contributed by atoms with E-state index in [4.69, 9.17) is 16.3 Å². The Morgan fingerprint density at radius 3 is 2.75 bits per heavy atom. The average Bonchev–Trinajstić information content (AvgIpc) is 2.30. The van der Waals surface area contributed by atoms with Gasteiger partial charge >= 0.3 is 0 Å². The lowest BCUT2D eigenvalue weighted by Gasteiger charge is -2.25. The zero-order valence-corrected chi connectivity index (χ0v) is 10.5. The molecule has 0 radical (unpaired) electrons. The molecule has 1 aromatic rings. The molecule has 1 aromatic carbocycles. The van der Waals surface area contributed by atoms with Crippen LogP contribution in [-0.2, 0) is 11.3 Å². The third-order valence-electron chi connectivity index (χ3n) is 2.54. The molecule has 0 heterocycles. The molecule has 0 aliphatic carbocycles. The highest BCUT2D eigenvalue weighted by Crippen LogP contribution is 2.27. The van der Waals surface area contributed by atoms with Crippen LogP contribution in [0.4, 0.5) is 5.69 Å². The Hall–Kier alpha value is -0.770. The van der Waals surface area contributed by atoms with E-state index in [9.17, 15) is 5.11 Å². The molecule has 0 aliphatic heterocycles. The molecule has 16 heavy (non-hydrogen) atoms. The number of rotatable bonds is 6. The van der Waals surface area contributed by atoms with Crippen LogP contribution in [0.25, 0.3) is 0 Å². The zero-order chi connectivity index (χ0) is 12.0. The molecule has 0 saturated carbocycles. The first-order valence-electron chi connectivity index (χ1n) is 5.36. The van der Waals surface area contributed by atoms with Crippen LogP contribution in [0, 0.1) is 0 Å². The van der Waals surface area contributed by atoms with Gasteiger partial charge in [-0.3, -0.25) is 0 Å². The highest BCUT2D eigenvalue weighted by Gasteiger charge is 2.11. The number of nitrogens with zero attached hydrogens (tertiary/aromatic N) is 1. The van der Waals surface area contributed by atoms with Gasteiger partial charge in [-0.05, 0) is 19.1 Å². The van der Waals surface area contributed by atoms with E-state index in [1.807, 2.05) is 12.1 Å². The van der Waals surface area contributed by atoms with Crippen LogP contribution < -0.4 is 4.90 Å². The number of anilines is 1. The van der Waals surface area contributed by atoms with Gasteiger partial charge in [0.2, 0.25) is 0 Å². The lowest BCUT2D eigenvalue weighted by Crippen LogP contribution is -2.27. The molecular weight excluding hydrogens is 226 g/mol. The fraction of sp³-hybridized carbons (Fsp3) is 0.500. The topological polar surface area (TPSA) is 32.7 Å². The Labute approximate surface area is 102 Å². The first-order chi connectivity index (χ1) is 7.74. The third kappa shape index (κ3) is 3.11. The van der Waals surface area contributed by atoms with E-state index >= 15 is 0 Å². The molecule has 0 bridgehead atoms. The summed E-state index contributed by atoms with van der Waals surface area (Å²) in [6.07, 6.45) is 0. The number of hydrogen-bond donors (Lipinski definition) is 1. The number of methoxy groups -OCH3 is 1. The minimum atomic E-state index is -0.0432. The minimum Gasteiger partial charge on any atom is -0.392 e. The second kappa shape index (κ2) is 6.74. The number of aliphatic hydroxyl groups excluding tert-OH is 1. The van der Waals surface area contributed by atoms with Crippen molar-refractivity contribution < 1.29 is 9.84 Å². The van der Waals surface area contributed by atoms with E-state index in [2.05, 4.69) is 11.8 Å². The maximum absolute atomic E-state index is 9.33. The van der Waals surface area contributed by atoms with Gasteiger partial charge in [0, 0.05) is 36.5 Å². The van der Waals surface area contributed by atoms with Gasteiger partial charge in [0.25, 0.3) is 0 Å². The van der Waals surface area contributed by atoms with Crippen LogP contribution in [-0.4, -0.2) is 31.9 Å². The Kier molecular flexibility index (Phi) is 5.60. The average molecular weight is 244 g/mol. The molecular formula is C12H18ClNO2. The quantitative estimate of drug-likeness (QED) is 0.832. The van der Waals surface area contributed by atoms with E-state index in [1.54, 1.807) is 13.2 Å². The van der Waals surface area contributed by atoms with Crippen molar-refractivity contribution in [3.05, 3.63) is 28.8 Å². The van der Waals surface area contributed by atoms with Crippen molar-refractivity contribution in [3.8, 4) is 0 Å². The second-order valence-corrected chi connectivity index (χ2v) is 3.88. The number of hydrogen-bond acceptors (Lipinski definition) is 3. The Morgan fingerprint density at radius 2 is 2.19 bits per heavy atom. The van der Waals surface area contributed by atoms with Gasteiger partial charge in [0.15, 0.2) is 0 Å². The summed E-state index contributed by atoms with van der Waals surface area (Å²) >= 11 is 6.05. The van der Waals surface area contributed by atoms with Crippen molar-refractivity contribution in [2.45, 2.75) is 13.5 Å². The number of ether oxygens (including phenoxy) is 1. The standard InChI is InChI=1S/C12H18ClNO2/c1-3-14(7-8-16-2)12-6-4-5-11(13)10(12)9-15/h4-6,15H,3,7-9H2,1-2H3. The van der Waals surface area contributed by atoms with Gasteiger partial charge in [-0.25, -0.2) is 0 Å². The number of benzene rings is 1. The van der Waals surface area contributed by atoms with Crippen molar-refractivity contribution in [3.63, 3.8) is 0 Å². The Balaban J connectivity index is 2.94. The predicted molar refractivity (Wildman–Crippen MR) is 67.1 cm³/mol. The van der Waals surface area contributed by atoms with E-state index in [1.165, 1.54) is 0 Å². The molecule has 0 atom stereocenters. The van der Waals surface area contributed by atoms with Crippen molar-refractivity contribution in [2.24, 2.45) is 0 Å². The van der Waals surface area contributed by atoms with Crippen LogP contribution in [0.15, 0.2) is 18.2 Å². The smallest absolute Gasteiger partial charge is 0.0716 e. The predicted octanol–water partition coefficient (Wildman–Crippen LogP) is 2.31. The Morgan fingerprint density at radius 1 is 1.44 bits per heavy atom. The fourth-order valence-corrected chi connectivity index (χ4v) is 1.88. The van der Waals surface area contributed by atoms with Gasteiger partial charge in [-0.15, -0.1) is 0 Å². The summed E-state index contributed by atoms with van der Waals surface area (Å²) in [7, 11) is 1.68. The SMILES string of the molecule is CCN(CCOC)c1cccc(Cl)c1CO.